The van der Waals surface area contributed by atoms with Crippen LogP contribution in [0.25, 0.3) is 0 Å². The number of pyridine rings is 1. The number of nitrogens with one attached hydrogen (secondary N) is 1. The number of nitrogen functional groups attached to an aromatic ring is 1. The molecular formula is C26H30ClN7O3. The molecule has 11 heteroatoms. The minimum absolute atomic E-state index is 0.250. The molecule has 3 aromatic rings. The predicted octanol–water partition coefficient (Wildman–Crippen LogP) is 3.25. The molecular weight excluding hydrogens is 494 g/mol. The summed E-state index contributed by atoms with van der Waals surface area (Å²) in [5, 5.41) is 7.62. The number of benzene rings is 1. The fourth-order valence-electron chi connectivity index (χ4n) is 4.74. The van der Waals surface area contributed by atoms with Crippen molar-refractivity contribution in [3.63, 3.8) is 0 Å². The summed E-state index contributed by atoms with van der Waals surface area (Å²) in [6.45, 7) is 3.73. The lowest BCUT2D eigenvalue weighted by molar-refractivity contribution is -0.156. The number of hydrogen-bond donors (Lipinski definition) is 2. The third-order valence-corrected chi connectivity index (χ3v) is 6.87. The molecule has 4 amide bonds. The average molecular weight is 524 g/mol. The molecule has 1 saturated heterocycles. The summed E-state index contributed by atoms with van der Waals surface area (Å²) in [5.41, 5.74) is 8.23. The molecule has 1 aromatic carbocycles. The summed E-state index contributed by atoms with van der Waals surface area (Å²) < 4.78 is 1.55. The highest BCUT2D eigenvalue weighted by Gasteiger charge is 2.55. The Morgan fingerprint density at radius 1 is 1.22 bits per heavy atom. The number of nitrogens with two attached hydrogens (primary N) is 1. The number of carbonyl (C=O) groups excluding carboxylic acids is 3. The first-order valence-corrected chi connectivity index (χ1v) is 12.4. The van der Waals surface area contributed by atoms with E-state index in [1.165, 1.54) is 4.90 Å². The number of halogens is 1. The topological polar surface area (TPSA) is 126 Å². The van der Waals surface area contributed by atoms with Crippen LogP contribution in [0.4, 0.5) is 16.4 Å². The van der Waals surface area contributed by atoms with Gasteiger partial charge in [-0.1, -0.05) is 30.7 Å². The van der Waals surface area contributed by atoms with E-state index in [2.05, 4.69) is 15.4 Å². The zero-order valence-corrected chi connectivity index (χ0v) is 21.9. The van der Waals surface area contributed by atoms with Gasteiger partial charge >= 0.3 is 6.03 Å². The summed E-state index contributed by atoms with van der Waals surface area (Å²) >= 11 is 6.01. The van der Waals surface area contributed by atoms with Crippen molar-refractivity contribution in [1.29, 1.82) is 0 Å². The Morgan fingerprint density at radius 3 is 2.51 bits per heavy atom. The number of amides is 4. The number of anilines is 2. The zero-order valence-electron chi connectivity index (χ0n) is 21.2. The van der Waals surface area contributed by atoms with Crippen LogP contribution in [0.2, 0.25) is 5.02 Å². The number of likely N-dealkylation sites (tertiary alicyclic amines) is 1. The van der Waals surface area contributed by atoms with Gasteiger partial charge in [0, 0.05) is 30.9 Å². The van der Waals surface area contributed by atoms with Gasteiger partial charge in [0.1, 0.15) is 17.7 Å². The quantitative estimate of drug-likeness (QED) is 0.458. The van der Waals surface area contributed by atoms with Crippen LogP contribution in [0.5, 0.6) is 0 Å². The maximum atomic E-state index is 13.7. The standard InChI is InChI=1S/C26H30ClN7O3/c1-5-20(17-6-8-18(27)9-7-17)31-26(37)34-23(25(36)32(3)22-10-11-29-33(22)4)19(24(34)35)13-16-12-15(2)30-21(28)14-16/h6-12,14,19-20,23H,5,13H2,1-4H3,(H2,28,30)(H,31,37)/t19-,20-,23+/m1/s1. The van der Waals surface area contributed by atoms with Gasteiger partial charge in [0.05, 0.1) is 18.2 Å². The number of hydrogen-bond acceptors (Lipinski definition) is 6. The van der Waals surface area contributed by atoms with Crippen LogP contribution in [-0.4, -0.2) is 50.6 Å². The smallest absolute Gasteiger partial charge is 0.325 e. The maximum Gasteiger partial charge on any atom is 0.325 e. The van der Waals surface area contributed by atoms with Crippen molar-refractivity contribution in [3.05, 3.63) is 70.5 Å². The molecule has 0 bridgehead atoms. The first-order valence-electron chi connectivity index (χ1n) is 12.0. The van der Waals surface area contributed by atoms with Gasteiger partial charge in [0.15, 0.2) is 0 Å². The third kappa shape index (κ3) is 5.29. The van der Waals surface area contributed by atoms with Gasteiger partial charge < -0.3 is 11.1 Å². The molecule has 10 nitrogen and oxygen atoms in total. The molecule has 0 radical (unpaired) electrons. The van der Waals surface area contributed by atoms with Crippen LogP contribution < -0.4 is 16.0 Å². The Bertz CT molecular complexity index is 1300. The van der Waals surface area contributed by atoms with Gasteiger partial charge in [0.2, 0.25) is 5.91 Å². The fourth-order valence-corrected chi connectivity index (χ4v) is 4.86. The Kier molecular flexibility index (Phi) is 7.49. The first kappa shape index (κ1) is 26.2. The lowest BCUT2D eigenvalue weighted by Gasteiger charge is -2.46. The Labute approximate surface area is 220 Å². The Balaban J connectivity index is 1.61. The number of imide groups is 1. The molecule has 194 valence electrons. The Morgan fingerprint density at radius 2 is 1.92 bits per heavy atom. The van der Waals surface area contributed by atoms with Crippen LogP contribution in [-0.2, 0) is 23.1 Å². The lowest BCUT2D eigenvalue weighted by Crippen LogP contribution is -2.70. The molecule has 1 fully saturated rings. The predicted molar refractivity (Wildman–Crippen MR) is 141 cm³/mol. The molecule has 3 heterocycles. The van der Waals surface area contributed by atoms with Crippen molar-refractivity contribution in [1.82, 2.24) is 25.0 Å². The van der Waals surface area contributed by atoms with Gasteiger partial charge in [0.25, 0.3) is 5.91 Å². The van der Waals surface area contributed by atoms with Crippen LogP contribution in [0.1, 0.15) is 36.2 Å². The number of carbonyl (C=O) groups is 3. The van der Waals surface area contributed by atoms with Crippen LogP contribution >= 0.6 is 11.6 Å². The summed E-state index contributed by atoms with van der Waals surface area (Å²) in [6.07, 6.45) is 2.41. The number of nitrogens with zero attached hydrogens (tertiary/aromatic N) is 5. The second-order valence-electron chi connectivity index (χ2n) is 9.18. The minimum Gasteiger partial charge on any atom is -0.384 e. The summed E-state index contributed by atoms with van der Waals surface area (Å²) in [5.74, 6) is -0.666. The molecule has 0 aliphatic carbocycles. The number of rotatable bonds is 7. The number of aryl methyl sites for hydroxylation is 2. The van der Waals surface area contributed by atoms with Crippen molar-refractivity contribution < 1.29 is 14.4 Å². The number of likely N-dealkylation sites (N-methyl/N-ethyl adjacent to an activating group) is 1. The van der Waals surface area contributed by atoms with Crippen LogP contribution in [0, 0.1) is 12.8 Å². The van der Waals surface area contributed by atoms with E-state index in [0.29, 0.717) is 28.8 Å². The fraction of sp³-hybridized carbons (Fsp3) is 0.346. The lowest BCUT2D eigenvalue weighted by atomic mass is 9.81. The van der Waals surface area contributed by atoms with Crippen molar-refractivity contribution in [2.75, 3.05) is 17.7 Å². The number of aromatic nitrogens is 3. The Hall–Kier alpha value is -3.92. The van der Waals surface area contributed by atoms with E-state index in [1.54, 1.807) is 49.2 Å². The van der Waals surface area contributed by atoms with Crippen molar-refractivity contribution >= 4 is 41.1 Å². The van der Waals surface area contributed by atoms with Crippen LogP contribution in [0.15, 0.2) is 48.7 Å². The molecule has 1 aliphatic heterocycles. The number of β-lactam (4-membered cyclic amide) rings is 1. The molecule has 0 unspecified atom stereocenters. The molecule has 2 aromatic heterocycles. The largest absolute Gasteiger partial charge is 0.384 e. The van der Waals surface area contributed by atoms with Gasteiger partial charge in [-0.15, -0.1) is 0 Å². The first-order chi connectivity index (χ1) is 17.6. The summed E-state index contributed by atoms with van der Waals surface area (Å²) in [6, 6.07) is 10.4. The SMILES string of the molecule is CC[C@@H](NC(=O)N1C(=O)[C@H](Cc2cc(C)nc(N)c2)[C@H]1C(=O)N(C)c1ccnn1C)c1ccc(Cl)cc1. The number of urea groups is 1. The third-order valence-electron chi connectivity index (χ3n) is 6.62. The highest BCUT2D eigenvalue weighted by atomic mass is 35.5. The van der Waals surface area contributed by atoms with Gasteiger partial charge in [-0.25, -0.2) is 9.78 Å². The molecule has 37 heavy (non-hydrogen) atoms. The summed E-state index contributed by atoms with van der Waals surface area (Å²) in [7, 11) is 3.32. The van der Waals surface area contributed by atoms with E-state index in [-0.39, 0.29) is 18.4 Å². The van der Waals surface area contributed by atoms with Crippen LogP contribution in [0.3, 0.4) is 0 Å². The van der Waals surface area contributed by atoms with Crippen molar-refractivity contribution in [2.45, 2.75) is 38.8 Å². The molecule has 0 spiro atoms. The van der Waals surface area contributed by atoms with E-state index in [0.717, 1.165) is 16.0 Å². The van der Waals surface area contributed by atoms with E-state index in [9.17, 15) is 14.4 Å². The van der Waals surface area contributed by atoms with E-state index >= 15 is 0 Å². The summed E-state index contributed by atoms with van der Waals surface area (Å²) in [4.78, 5) is 47.0. The highest BCUT2D eigenvalue weighted by Crippen LogP contribution is 2.33. The van der Waals surface area contributed by atoms with Crippen molar-refractivity contribution in [2.24, 2.45) is 13.0 Å². The van der Waals surface area contributed by atoms with E-state index in [4.69, 9.17) is 17.3 Å². The second kappa shape index (κ2) is 10.6. The van der Waals surface area contributed by atoms with Gasteiger partial charge in [-0.2, -0.15) is 5.10 Å². The molecule has 0 saturated carbocycles. The minimum atomic E-state index is -0.996. The highest BCUT2D eigenvalue weighted by molar-refractivity contribution is 6.30. The molecule has 3 N–H and O–H groups in total. The monoisotopic (exact) mass is 523 g/mol. The maximum absolute atomic E-state index is 13.7. The van der Waals surface area contributed by atoms with Gasteiger partial charge in [-0.3, -0.25) is 24.1 Å². The molecule has 1 aliphatic rings. The van der Waals surface area contributed by atoms with Gasteiger partial charge in [-0.05, 0) is 55.2 Å². The molecule has 3 atom stereocenters. The van der Waals surface area contributed by atoms with E-state index in [1.807, 2.05) is 32.0 Å². The van der Waals surface area contributed by atoms with Crippen molar-refractivity contribution in [3.8, 4) is 0 Å². The van der Waals surface area contributed by atoms with E-state index < -0.39 is 23.9 Å². The molecule has 4 rings (SSSR count). The normalized spacial score (nSPS) is 17.8. The zero-order chi connectivity index (χ0) is 26.9. The second-order valence-corrected chi connectivity index (χ2v) is 9.61. The average Bonchev–Trinajstić information content (AvgIpc) is 3.28.